The van der Waals surface area contributed by atoms with E-state index in [4.69, 9.17) is 10.2 Å². The van der Waals surface area contributed by atoms with Gasteiger partial charge in [-0.3, -0.25) is 4.79 Å². The van der Waals surface area contributed by atoms with Gasteiger partial charge in [-0.25, -0.2) is 4.39 Å². The van der Waals surface area contributed by atoms with Crippen LogP contribution in [0, 0.1) is 5.82 Å². The molecule has 0 aliphatic heterocycles. The molecule has 1 aromatic carbocycles. The summed E-state index contributed by atoms with van der Waals surface area (Å²) >= 11 is 0. The highest BCUT2D eigenvalue weighted by Crippen LogP contribution is 2.06. The van der Waals surface area contributed by atoms with E-state index >= 15 is 0 Å². The lowest BCUT2D eigenvalue weighted by molar-refractivity contribution is -0.123. The van der Waals surface area contributed by atoms with Crippen molar-refractivity contribution < 1.29 is 19.4 Å². The Kier molecular flexibility index (Phi) is 4.60. The van der Waals surface area contributed by atoms with E-state index in [-0.39, 0.29) is 25.5 Å². The molecule has 0 saturated heterocycles. The van der Waals surface area contributed by atoms with Crippen LogP contribution in [-0.2, 0) is 11.2 Å². The van der Waals surface area contributed by atoms with E-state index in [0.717, 1.165) is 0 Å². The molecule has 1 amide bonds. The van der Waals surface area contributed by atoms with Gasteiger partial charge in [-0.05, 0) is 24.6 Å². The quantitative estimate of drug-likeness (QED) is 0.691. The maximum atomic E-state index is 12.9. The second kappa shape index (κ2) is 5.75. The van der Waals surface area contributed by atoms with Gasteiger partial charge in [-0.2, -0.15) is 0 Å². The summed E-state index contributed by atoms with van der Waals surface area (Å²) in [5, 5.41) is 20.5. The zero-order valence-corrected chi connectivity index (χ0v) is 9.61. The average Bonchev–Trinajstić information content (AvgIpc) is 2.28. The molecule has 0 heterocycles. The number of carbonyl (C=O) groups excluding carboxylic acids is 1. The highest BCUT2D eigenvalue weighted by molar-refractivity contribution is 5.79. The molecule has 0 aliphatic rings. The van der Waals surface area contributed by atoms with Gasteiger partial charge in [0.1, 0.15) is 5.82 Å². The lowest BCUT2D eigenvalue weighted by atomic mass is 10.0. The lowest BCUT2D eigenvalue weighted by Gasteiger charge is -2.26. The summed E-state index contributed by atoms with van der Waals surface area (Å²) in [7, 11) is 0. The normalized spacial score (nSPS) is 11.3. The SMILES string of the molecule is CC(CO)(CO)NC(=O)Cc1cccc(F)c1. The molecular weight excluding hydrogens is 225 g/mol. The first-order valence-corrected chi connectivity index (χ1v) is 5.26. The fourth-order valence-corrected chi connectivity index (χ4v) is 1.34. The lowest BCUT2D eigenvalue weighted by Crippen LogP contribution is -2.52. The fourth-order valence-electron chi connectivity index (χ4n) is 1.34. The van der Waals surface area contributed by atoms with Crippen molar-refractivity contribution >= 4 is 5.91 Å². The highest BCUT2D eigenvalue weighted by atomic mass is 19.1. The standard InChI is InChI=1S/C12H16FNO3/c1-12(7-15,8-16)14-11(17)6-9-3-2-4-10(13)5-9/h2-5,15-16H,6-8H2,1H3,(H,14,17). The second-order valence-electron chi connectivity index (χ2n) is 4.23. The summed E-state index contributed by atoms with van der Waals surface area (Å²) in [6.45, 7) is 0.799. The molecular formula is C12H16FNO3. The molecule has 0 unspecified atom stereocenters. The van der Waals surface area contributed by atoms with Crippen molar-refractivity contribution in [2.24, 2.45) is 0 Å². The molecule has 3 N–H and O–H groups in total. The van der Waals surface area contributed by atoms with Gasteiger partial charge < -0.3 is 15.5 Å². The van der Waals surface area contributed by atoms with Gasteiger partial charge in [0.2, 0.25) is 5.91 Å². The molecule has 0 fully saturated rings. The Bertz CT molecular complexity index is 391. The minimum atomic E-state index is -1.05. The van der Waals surface area contributed by atoms with Crippen molar-refractivity contribution in [2.45, 2.75) is 18.9 Å². The van der Waals surface area contributed by atoms with Crippen LogP contribution in [0.3, 0.4) is 0 Å². The number of carbonyl (C=O) groups is 1. The third-order valence-electron chi connectivity index (χ3n) is 2.39. The summed E-state index contributed by atoms with van der Waals surface area (Å²) < 4.78 is 12.9. The topological polar surface area (TPSA) is 69.6 Å². The fraction of sp³-hybridized carbons (Fsp3) is 0.417. The van der Waals surface area contributed by atoms with E-state index in [1.54, 1.807) is 6.07 Å². The number of rotatable bonds is 5. The first-order chi connectivity index (χ1) is 7.99. The molecule has 5 heteroatoms. The average molecular weight is 241 g/mol. The van der Waals surface area contributed by atoms with Crippen LogP contribution < -0.4 is 5.32 Å². The van der Waals surface area contributed by atoms with E-state index < -0.39 is 11.4 Å². The Hall–Kier alpha value is -1.46. The van der Waals surface area contributed by atoms with Crippen LogP contribution in [0.4, 0.5) is 4.39 Å². The third-order valence-corrected chi connectivity index (χ3v) is 2.39. The molecule has 1 rings (SSSR count). The van der Waals surface area contributed by atoms with Crippen LogP contribution >= 0.6 is 0 Å². The van der Waals surface area contributed by atoms with Gasteiger partial charge in [0.05, 0.1) is 25.2 Å². The monoisotopic (exact) mass is 241 g/mol. The minimum Gasteiger partial charge on any atom is -0.394 e. The molecule has 4 nitrogen and oxygen atoms in total. The van der Waals surface area contributed by atoms with E-state index in [2.05, 4.69) is 5.32 Å². The van der Waals surface area contributed by atoms with Crippen molar-refractivity contribution in [1.29, 1.82) is 0 Å². The molecule has 0 aliphatic carbocycles. The Balaban J connectivity index is 2.61. The van der Waals surface area contributed by atoms with E-state index in [0.29, 0.717) is 5.56 Å². The van der Waals surface area contributed by atoms with Crippen LogP contribution in [0.15, 0.2) is 24.3 Å². The number of nitrogens with one attached hydrogen (secondary N) is 1. The molecule has 94 valence electrons. The molecule has 1 aromatic rings. The van der Waals surface area contributed by atoms with Crippen molar-refractivity contribution in [3.05, 3.63) is 35.6 Å². The molecule has 0 spiro atoms. The molecule has 0 aromatic heterocycles. The van der Waals surface area contributed by atoms with Crippen LogP contribution in [0.1, 0.15) is 12.5 Å². The van der Waals surface area contributed by atoms with Gasteiger partial charge >= 0.3 is 0 Å². The van der Waals surface area contributed by atoms with Gasteiger partial charge in [0.15, 0.2) is 0 Å². The Morgan fingerprint density at radius 3 is 2.59 bits per heavy atom. The van der Waals surface area contributed by atoms with Gasteiger partial charge in [0.25, 0.3) is 0 Å². The molecule has 17 heavy (non-hydrogen) atoms. The van der Waals surface area contributed by atoms with Crippen molar-refractivity contribution in [3.63, 3.8) is 0 Å². The maximum Gasteiger partial charge on any atom is 0.225 e. The predicted octanol–water partition coefficient (Wildman–Crippen LogP) is 0.228. The summed E-state index contributed by atoms with van der Waals surface area (Å²) in [5.74, 6) is -0.774. The molecule has 0 saturated carbocycles. The van der Waals surface area contributed by atoms with E-state index in [1.807, 2.05) is 0 Å². The van der Waals surface area contributed by atoms with Gasteiger partial charge in [0, 0.05) is 0 Å². The predicted molar refractivity (Wildman–Crippen MR) is 60.8 cm³/mol. The van der Waals surface area contributed by atoms with Crippen LogP contribution in [-0.4, -0.2) is 34.9 Å². The number of benzene rings is 1. The Morgan fingerprint density at radius 2 is 2.06 bits per heavy atom. The van der Waals surface area contributed by atoms with Gasteiger partial charge in [-0.1, -0.05) is 12.1 Å². The summed E-state index contributed by atoms with van der Waals surface area (Å²) in [4.78, 5) is 11.6. The smallest absolute Gasteiger partial charge is 0.225 e. The van der Waals surface area contributed by atoms with E-state index in [1.165, 1.54) is 25.1 Å². The zero-order chi connectivity index (χ0) is 12.9. The first-order valence-electron chi connectivity index (χ1n) is 5.26. The number of aliphatic hydroxyl groups is 2. The number of aliphatic hydroxyl groups excluding tert-OH is 2. The number of hydrogen-bond acceptors (Lipinski definition) is 3. The third kappa shape index (κ3) is 4.13. The summed E-state index contributed by atoms with van der Waals surface area (Å²) in [6.07, 6.45) is 0.00729. The number of hydrogen-bond donors (Lipinski definition) is 3. The summed E-state index contributed by atoms with van der Waals surface area (Å²) in [6, 6.07) is 5.73. The van der Waals surface area contributed by atoms with Crippen LogP contribution in [0.25, 0.3) is 0 Å². The van der Waals surface area contributed by atoms with E-state index in [9.17, 15) is 9.18 Å². The Labute approximate surface area is 99.1 Å². The highest BCUT2D eigenvalue weighted by Gasteiger charge is 2.24. The maximum absolute atomic E-state index is 12.9. The van der Waals surface area contributed by atoms with Gasteiger partial charge in [-0.15, -0.1) is 0 Å². The van der Waals surface area contributed by atoms with Crippen molar-refractivity contribution in [3.8, 4) is 0 Å². The van der Waals surface area contributed by atoms with Crippen LogP contribution in [0.5, 0.6) is 0 Å². The first kappa shape index (κ1) is 13.6. The molecule has 0 atom stereocenters. The summed E-state index contributed by atoms with van der Waals surface area (Å²) in [5.41, 5.74) is -0.509. The van der Waals surface area contributed by atoms with Crippen LogP contribution in [0.2, 0.25) is 0 Å². The molecule has 0 bridgehead atoms. The second-order valence-corrected chi connectivity index (χ2v) is 4.23. The number of amides is 1. The zero-order valence-electron chi connectivity index (χ0n) is 9.61. The minimum absolute atomic E-state index is 0.00729. The molecule has 0 radical (unpaired) electrons. The van der Waals surface area contributed by atoms with Crippen molar-refractivity contribution in [1.82, 2.24) is 5.32 Å². The number of halogens is 1. The van der Waals surface area contributed by atoms with Crippen molar-refractivity contribution in [2.75, 3.05) is 13.2 Å². The Morgan fingerprint density at radius 1 is 1.41 bits per heavy atom. The largest absolute Gasteiger partial charge is 0.394 e.